The quantitative estimate of drug-likeness (QED) is 0.939. The summed E-state index contributed by atoms with van der Waals surface area (Å²) in [6.07, 6.45) is 1.82. The maximum atomic E-state index is 10.0. The van der Waals surface area contributed by atoms with Crippen LogP contribution in [0, 0.1) is 5.41 Å². The van der Waals surface area contributed by atoms with Gasteiger partial charge in [-0.2, -0.15) is 0 Å². The fraction of sp³-hybridized carbons (Fsp3) is 0.438. The third-order valence-electron chi connectivity index (χ3n) is 4.76. The Labute approximate surface area is 133 Å². The smallest absolute Gasteiger partial charge is 0.185 e. The molecule has 0 spiro atoms. The van der Waals surface area contributed by atoms with Crippen molar-refractivity contribution >= 4 is 16.5 Å². The molecule has 0 saturated carbocycles. The van der Waals surface area contributed by atoms with Crippen molar-refractivity contribution in [1.29, 1.82) is 0 Å². The number of hydrogen-bond donors (Lipinski definition) is 1. The fourth-order valence-corrected chi connectivity index (χ4v) is 4.20. The van der Waals surface area contributed by atoms with Gasteiger partial charge in [0.2, 0.25) is 0 Å². The summed E-state index contributed by atoms with van der Waals surface area (Å²) < 4.78 is 11.2. The van der Waals surface area contributed by atoms with Crippen LogP contribution in [0.25, 0.3) is 0 Å². The van der Waals surface area contributed by atoms with Gasteiger partial charge in [-0.25, -0.2) is 4.98 Å². The molecule has 1 aromatic heterocycles. The van der Waals surface area contributed by atoms with Crippen LogP contribution in [0.5, 0.6) is 11.5 Å². The van der Waals surface area contributed by atoms with E-state index in [-0.39, 0.29) is 17.9 Å². The Balaban J connectivity index is 1.72. The van der Waals surface area contributed by atoms with E-state index in [4.69, 9.17) is 9.47 Å². The lowest BCUT2D eigenvalue weighted by atomic mass is 9.74. The second kappa shape index (κ2) is 5.14. The molecule has 2 aliphatic rings. The van der Waals surface area contributed by atoms with Crippen LogP contribution in [0.4, 0.5) is 5.13 Å². The molecule has 0 radical (unpaired) electrons. The van der Waals surface area contributed by atoms with Crippen LogP contribution in [-0.4, -0.2) is 43.5 Å². The van der Waals surface area contributed by atoms with Gasteiger partial charge in [0.25, 0.3) is 0 Å². The number of thiazole rings is 1. The molecular formula is C16H18N2O3S. The Morgan fingerprint density at radius 1 is 1.55 bits per heavy atom. The van der Waals surface area contributed by atoms with Gasteiger partial charge in [0.15, 0.2) is 5.13 Å². The lowest BCUT2D eigenvalue weighted by molar-refractivity contribution is 0.0533. The van der Waals surface area contributed by atoms with E-state index < -0.39 is 0 Å². The number of aliphatic hydroxyl groups is 1. The summed E-state index contributed by atoms with van der Waals surface area (Å²) in [4.78, 5) is 6.67. The Bertz CT molecular complexity index is 676. The molecule has 0 aliphatic carbocycles. The predicted octanol–water partition coefficient (Wildman–Crippen LogP) is 2.13. The first-order chi connectivity index (χ1) is 10.8. The summed E-state index contributed by atoms with van der Waals surface area (Å²) in [5, 5.41) is 13.0. The molecular weight excluding hydrogens is 300 g/mol. The molecule has 22 heavy (non-hydrogen) atoms. The van der Waals surface area contributed by atoms with Crippen LogP contribution in [0.15, 0.2) is 29.8 Å². The minimum absolute atomic E-state index is 0.116. The van der Waals surface area contributed by atoms with Gasteiger partial charge in [-0.05, 0) is 6.07 Å². The van der Waals surface area contributed by atoms with Gasteiger partial charge >= 0.3 is 0 Å². The SMILES string of the molecule is COc1ccc2c(c1)OCC1(CO)CN(c3nccs3)CC21. The summed E-state index contributed by atoms with van der Waals surface area (Å²) in [7, 11) is 1.66. The summed E-state index contributed by atoms with van der Waals surface area (Å²) in [6.45, 7) is 2.27. The molecule has 1 aromatic carbocycles. The molecule has 6 heteroatoms. The molecule has 5 nitrogen and oxygen atoms in total. The molecule has 1 N–H and O–H groups in total. The summed E-state index contributed by atoms with van der Waals surface area (Å²) in [6, 6.07) is 5.96. The third kappa shape index (κ3) is 1.98. The van der Waals surface area contributed by atoms with Gasteiger partial charge in [0, 0.05) is 42.2 Å². The molecule has 0 bridgehead atoms. The zero-order valence-electron chi connectivity index (χ0n) is 12.4. The largest absolute Gasteiger partial charge is 0.497 e. The Morgan fingerprint density at radius 2 is 2.45 bits per heavy atom. The van der Waals surface area contributed by atoms with Crippen LogP contribution in [-0.2, 0) is 0 Å². The minimum Gasteiger partial charge on any atom is -0.497 e. The van der Waals surface area contributed by atoms with Gasteiger partial charge in [-0.15, -0.1) is 11.3 Å². The van der Waals surface area contributed by atoms with Crippen molar-refractivity contribution in [3.8, 4) is 11.5 Å². The van der Waals surface area contributed by atoms with Crippen LogP contribution in [0.1, 0.15) is 11.5 Å². The van der Waals surface area contributed by atoms with E-state index in [1.165, 1.54) is 0 Å². The highest BCUT2D eigenvalue weighted by Crippen LogP contribution is 2.51. The van der Waals surface area contributed by atoms with Crippen LogP contribution in [0.3, 0.4) is 0 Å². The highest BCUT2D eigenvalue weighted by molar-refractivity contribution is 7.13. The van der Waals surface area contributed by atoms with Crippen molar-refractivity contribution in [2.75, 3.05) is 38.3 Å². The maximum absolute atomic E-state index is 10.0. The number of methoxy groups -OCH3 is 1. The number of ether oxygens (including phenoxy) is 2. The van der Waals surface area contributed by atoms with Gasteiger partial charge in [-0.3, -0.25) is 0 Å². The number of hydrogen-bond acceptors (Lipinski definition) is 6. The molecule has 2 atom stereocenters. The molecule has 2 unspecified atom stereocenters. The van der Waals surface area contributed by atoms with Crippen molar-refractivity contribution in [3.63, 3.8) is 0 Å². The zero-order chi connectivity index (χ0) is 15.2. The highest BCUT2D eigenvalue weighted by Gasteiger charge is 2.51. The number of nitrogens with zero attached hydrogens (tertiary/aromatic N) is 2. The minimum atomic E-state index is -0.257. The number of benzene rings is 1. The summed E-state index contributed by atoms with van der Waals surface area (Å²) in [5.74, 6) is 1.91. The van der Waals surface area contributed by atoms with Gasteiger partial charge in [-0.1, -0.05) is 6.07 Å². The second-order valence-corrected chi connectivity index (χ2v) is 6.83. The van der Waals surface area contributed by atoms with Crippen molar-refractivity contribution in [3.05, 3.63) is 35.3 Å². The van der Waals surface area contributed by atoms with E-state index in [1.807, 2.05) is 23.7 Å². The average Bonchev–Trinajstić information content (AvgIpc) is 3.21. The first kappa shape index (κ1) is 13.8. The van der Waals surface area contributed by atoms with E-state index >= 15 is 0 Å². The van der Waals surface area contributed by atoms with Crippen molar-refractivity contribution in [1.82, 2.24) is 4.98 Å². The van der Waals surface area contributed by atoms with Crippen molar-refractivity contribution < 1.29 is 14.6 Å². The van der Waals surface area contributed by atoms with Crippen LogP contribution in [0.2, 0.25) is 0 Å². The number of aliphatic hydroxyl groups excluding tert-OH is 1. The van der Waals surface area contributed by atoms with Gasteiger partial charge in [0.1, 0.15) is 11.5 Å². The molecule has 2 aromatic rings. The summed E-state index contributed by atoms with van der Waals surface area (Å²) >= 11 is 1.63. The van der Waals surface area contributed by atoms with Crippen molar-refractivity contribution in [2.45, 2.75) is 5.92 Å². The Morgan fingerprint density at radius 3 is 3.18 bits per heavy atom. The molecule has 1 fully saturated rings. The predicted molar refractivity (Wildman–Crippen MR) is 85.1 cm³/mol. The van der Waals surface area contributed by atoms with Gasteiger partial charge < -0.3 is 19.5 Å². The lowest BCUT2D eigenvalue weighted by Crippen LogP contribution is -2.42. The molecule has 1 saturated heterocycles. The van der Waals surface area contributed by atoms with Crippen molar-refractivity contribution in [2.24, 2.45) is 5.41 Å². The van der Waals surface area contributed by atoms with E-state index in [1.54, 1.807) is 18.4 Å². The molecule has 2 aliphatic heterocycles. The van der Waals surface area contributed by atoms with E-state index in [0.717, 1.165) is 35.3 Å². The van der Waals surface area contributed by atoms with E-state index in [9.17, 15) is 5.11 Å². The first-order valence-electron chi connectivity index (χ1n) is 7.32. The molecule has 0 amide bonds. The number of fused-ring (bicyclic) bond motifs is 3. The Hall–Kier alpha value is -1.79. The second-order valence-electron chi connectivity index (χ2n) is 5.96. The molecule has 4 rings (SSSR count). The Kier molecular flexibility index (Phi) is 3.23. The molecule has 3 heterocycles. The first-order valence-corrected chi connectivity index (χ1v) is 8.20. The standard InChI is InChI=1S/C16H18N2O3S/c1-20-11-2-3-12-13-7-18(15-17-4-5-22-15)8-16(13,9-19)10-21-14(12)6-11/h2-6,13,19H,7-10H2,1H3. The van der Waals surface area contributed by atoms with Crippen LogP contribution < -0.4 is 14.4 Å². The van der Waals surface area contributed by atoms with Gasteiger partial charge in [0.05, 0.1) is 25.7 Å². The third-order valence-corrected chi connectivity index (χ3v) is 5.60. The monoisotopic (exact) mass is 318 g/mol. The number of rotatable bonds is 3. The van der Waals surface area contributed by atoms with Crippen LogP contribution >= 0.6 is 11.3 Å². The zero-order valence-corrected chi connectivity index (χ0v) is 13.2. The highest BCUT2D eigenvalue weighted by atomic mass is 32.1. The number of anilines is 1. The van der Waals surface area contributed by atoms with E-state index in [0.29, 0.717) is 6.61 Å². The average molecular weight is 318 g/mol. The molecule has 116 valence electrons. The van der Waals surface area contributed by atoms with E-state index in [2.05, 4.69) is 16.0 Å². The number of aromatic nitrogens is 1. The normalized spacial score (nSPS) is 26.3. The maximum Gasteiger partial charge on any atom is 0.185 e. The topological polar surface area (TPSA) is 54.8 Å². The summed E-state index contributed by atoms with van der Waals surface area (Å²) in [5.41, 5.74) is 0.896. The fourth-order valence-electron chi connectivity index (χ4n) is 3.54. The lowest BCUT2D eigenvalue weighted by Gasteiger charge is -2.37.